The van der Waals surface area contributed by atoms with Gasteiger partial charge in [0.15, 0.2) is 5.69 Å². The molecule has 178 valence electrons. The van der Waals surface area contributed by atoms with Gasteiger partial charge in [-0.2, -0.15) is 10.2 Å². The number of hydrazine groups is 1. The van der Waals surface area contributed by atoms with E-state index in [2.05, 4.69) is 41.8 Å². The fraction of sp³-hybridized carbons (Fsp3) is 0.259. The molecule has 1 saturated carbocycles. The van der Waals surface area contributed by atoms with Crippen molar-refractivity contribution in [2.45, 2.75) is 45.1 Å². The van der Waals surface area contributed by atoms with Crippen molar-refractivity contribution in [3.8, 4) is 16.9 Å². The zero-order valence-electron chi connectivity index (χ0n) is 20.0. The second kappa shape index (κ2) is 8.87. The lowest BCUT2D eigenvalue weighted by atomic mass is 10.1. The zero-order valence-corrected chi connectivity index (χ0v) is 20.0. The van der Waals surface area contributed by atoms with Crippen molar-refractivity contribution in [3.05, 3.63) is 89.9 Å². The molecule has 2 amide bonds. The number of para-hydroxylation sites is 1. The van der Waals surface area contributed by atoms with E-state index in [0.717, 1.165) is 29.8 Å². The Morgan fingerprint density at radius 1 is 0.886 bits per heavy atom. The Labute approximate surface area is 203 Å². The quantitative estimate of drug-likeness (QED) is 0.424. The van der Waals surface area contributed by atoms with Crippen LogP contribution in [0.3, 0.4) is 0 Å². The lowest BCUT2D eigenvalue weighted by Gasteiger charge is -2.22. The van der Waals surface area contributed by atoms with E-state index in [0.29, 0.717) is 17.2 Å². The van der Waals surface area contributed by atoms with Gasteiger partial charge in [-0.25, -0.2) is 4.68 Å². The van der Waals surface area contributed by atoms with Gasteiger partial charge in [-0.1, -0.05) is 48.5 Å². The molecular weight excluding hydrogens is 440 g/mol. The Bertz CT molecular complexity index is 1360. The molecule has 0 saturated heterocycles. The molecule has 0 unspecified atom stereocenters. The van der Waals surface area contributed by atoms with Crippen molar-refractivity contribution >= 4 is 11.8 Å². The molecule has 5 rings (SSSR count). The minimum Gasteiger partial charge on any atom is -0.267 e. The van der Waals surface area contributed by atoms with Crippen LogP contribution in [-0.2, 0) is 5.54 Å². The van der Waals surface area contributed by atoms with E-state index in [1.54, 1.807) is 10.9 Å². The number of carbonyl (C=O) groups excluding carboxylic acids is 2. The summed E-state index contributed by atoms with van der Waals surface area (Å²) in [5.41, 5.74) is 8.67. The van der Waals surface area contributed by atoms with Crippen LogP contribution >= 0.6 is 0 Å². The number of amides is 2. The summed E-state index contributed by atoms with van der Waals surface area (Å²) in [5, 5.41) is 9.19. The SMILES string of the molecule is CC(C)(C)n1nc(C(=O)NNC(=O)c2cn(-c3ccccc3)nc2-c2ccccc2)cc1C1CC1. The molecule has 35 heavy (non-hydrogen) atoms. The van der Waals surface area contributed by atoms with Crippen LogP contribution in [0.15, 0.2) is 72.9 Å². The molecule has 0 atom stereocenters. The topological polar surface area (TPSA) is 93.8 Å². The summed E-state index contributed by atoms with van der Waals surface area (Å²) in [5.74, 6) is -0.480. The third-order valence-corrected chi connectivity index (χ3v) is 5.92. The molecule has 1 aliphatic carbocycles. The van der Waals surface area contributed by atoms with Gasteiger partial charge in [0.1, 0.15) is 5.69 Å². The Morgan fingerprint density at radius 3 is 2.14 bits per heavy atom. The summed E-state index contributed by atoms with van der Waals surface area (Å²) < 4.78 is 3.57. The van der Waals surface area contributed by atoms with E-state index >= 15 is 0 Å². The maximum absolute atomic E-state index is 13.2. The van der Waals surface area contributed by atoms with Crippen LogP contribution in [-0.4, -0.2) is 31.4 Å². The smallest absolute Gasteiger partial charge is 0.267 e. The van der Waals surface area contributed by atoms with Crippen molar-refractivity contribution in [1.29, 1.82) is 0 Å². The van der Waals surface area contributed by atoms with Crippen molar-refractivity contribution < 1.29 is 9.59 Å². The van der Waals surface area contributed by atoms with E-state index in [1.807, 2.05) is 71.4 Å². The van der Waals surface area contributed by atoms with Gasteiger partial charge in [-0.15, -0.1) is 0 Å². The van der Waals surface area contributed by atoms with Crippen LogP contribution < -0.4 is 10.9 Å². The summed E-state index contributed by atoms with van der Waals surface area (Å²) in [6.45, 7) is 6.18. The van der Waals surface area contributed by atoms with Crippen molar-refractivity contribution in [2.75, 3.05) is 0 Å². The number of aromatic nitrogens is 4. The highest BCUT2D eigenvalue weighted by atomic mass is 16.2. The maximum atomic E-state index is 13.2. The van der Waals surface area contributed by atoms with Crippen molar-refractivity contribution in [1.82, 2.24) is 30.4 Å². The predicted octanol–water partition coefficient (Wildman–Crippen LogP) is 4.44. The third kappa shape index (κ3) is 4.73. The van der Waals surface area contributed by atoms with Crippen LogP contribution in [0.25, 0.3) is 16.9 Å². The van der Waals surface area contributed by atoms with Crippen LogP contribution in [0, 0.1) is 0 Å². The largest absolute Gasteiger partial charge is 0.290 e. The molecule has 4 aromatic rings. The molecule has 1 aliphatic rings. The molecule has 2 heterocycles. The second-order valence-corrected chi connectivity index (χ2v) is 9.76. The summed E-state index contributed by atoms with van der Waals surface area (Å²) in [6, 6.07) is 20.9. The van der Waals surface area contributed by atoms with Crippen LogP contribution in [0.4, 0.5) is 0 Å². The molecule has 8 nitrogen and oxygen atoms in total. The number of hydrogen-bond acceptors (Lipinski definition) is 4. The normalized spacial score (nSPS) is 13.5. The van der Waals surface area contributed by atoms with Gasteiger partial charge in [0, 0.05) is 23.4 Å². The first-order valence-corrected chi connectivity index (χ1v) is 11.7. The highest BCUT2D eigenvalue weighted by Gasteiger charge is 2.32. The van der Waals surface area contributed by atoms with Gasteiger partial charge in [-0.05, 0) is 51.8 Å². The Kier molecular flexibility index (Phi) is 5.72. The lowest BCUT2D eigenvalue weighted by molar-refractivity contribution is 0.0843. The van der Waals surface area contributed by atoms with Crippen molar-refractivity contribution in [2.24, 2.45) is 0 Å². The number of carbonyl (C=O) groups is 2. The average molecular weight is 469 g/mol. The molecule has 0 radical (unpaired) electrons. The molecule has 0 bridgehead atoms. The molecule has 2 N–H and O–H groups in total. The third-order valence-electron chi connectivity index (χ3n) is 5.92. The Balaban J connectivity index is 1.38. The van der Waals surface area contributed by atoms with Crippen LogP contribution in [0.1, 0.15) is 66.1 Å². The number of nitrogens with one attached hydrogen (secondary N) is 2. The zero-order chi connectivity index (χ0) is 24.6. The van der Waals surface area contributed by atoms with Gasteiger partial charge in [0.25, 0.3) is 11.8 Å². The fourth-order valence-electron chi connectivity index (χ4n) is 4.02. The van der Waals surface area contributed by atoms with E-state index in [1.165, 1.54) is 0 Å². The van der Waals surface area contributed by atoms with Crippen LogP contribution in [0.5, 0.6) is 0 Å². The minimum atomic E-state index is -0.461. The minimum absolute atomic E-state index is 0.240. The first-order valence-electron chi connectivity index (χ1n) is 11.7. The second-order valence-electron chi connectivity index (χ2n) is 9.76. The van der Waals surface area contributed by atoms with Gasteiger partial charge in [-0.3, -0.25) is 25.1 Å². The number of benzene rings is 2. The monoisotopic (exact) mass is 468 g/mol. The number of hydrogen-bond donors (Lipinski definition) is 2. The first kappa shape index (κ1) is 22.6. The summed E-state index contributed by atoms with van der Waals surface area (Å²) >= 11 is 0. The van der Waals surface area contributed by atoms with E-state index in [4.69, 9.17) is 0 Å². The molecule has 1 fully saturated rings. The van der Waals surface area contributed by atoms with Gasteiger partial charge < -0.3 is 0 Å². The first-order chi connectivity index (χ1) is 16.8. The number of nitrogens with zero attached hydrogens (tertiary/aromatic N) is 4. The highest BCUT2D eigenvalue weighted by Crippen LogP contribution is 2.41. The standard InChI is InChI=1S/C27H28N6O2/c1-27(2,3)33-23(18-14-15-18)16-22(30-33)26(35)29-28-25(34)21-17-32(20-12-8-5-9-13-20)31-24(21)19-10-6-4-7-11-19/h4-13,16-18H,14-15H2,1-3H3,(H,28,34)(H,29,35). The van der Waals surface area contributed by atoms with Crippen molar-refractivity contribution in [3.63, 3.8) is 0 Å². The summed E-state index contributed by atoms with van der Waals surface area (Å²) in [7, 11) is 0. The Morgan fingerprint density at radius 2 is 1.51 bits per heavy atom. The maximum Gasteiger partial charge on any atom is 0.290 e. The fourth-order valence-corrected chi connectivity index (χ4v) is 4.02. The molecule has 0 spiro atoms. The molecule has 2 aromatic heterocycles. The summed E-state index contributed by atoms with van der Waals surface area (Å²) in [4.78, 5) is 26.0. The van der Waals surface area contributed by atoms with Gasteiger partial charge in [0.05, 0.1) is 16.8 Å². The lowest BCUT2D eigenvalue weighted by Crippen LogP contribution is -2.42. The van der Waals surface area contributed by atoms with E-state index in [9.17, 15) is 9.59 Å². The van der Waals surface area contributed by atoms with E-state index in [-0.39, 0.29) is 11.2 Å². The molecule has 0 aliphatic heterocycles. The molecular formula is C27H28N6O2. The number of rotatable bonds is 5. The Hall–Kier alpha value is -4.20. The van der Waals surface area contributed by atoms with Gasteiger partial charge >= 0.3 is 0 Å². The summed E-state index contributed by atoms with van der Waals surface area (Å²) in [6.07, 6.45) is 3.87. The van der Waals surface area contributed by atoms with Crippen LogP contribution in [0.2, 0.25) is 0 Å². The van der Waals surface area contributed by atoms with Gasteiger partial charge in [0.2, 0.25) is 0 Å². The van der Waals surface area contributed by atoms with E-state index < -0.39 is 11.8 Å². The highest BCUT2D eigenvalue weighted by molar-refractivity contribution is 6.02. The molecule has 8 heteroatoms. The molecule has 2 aromatic carbocycles. The predicted molar refractivity (Wildman–Crippen MR) is 133 cm³/mol. The average Bonchev–Trinajstić information content (AvgIpc) is 3.43.